The van der Waals surface area contributed by atoms with Crippen LogP contribution in [0.5, 0.6) is 0 Å². The number of nitrogens with one attached hydrogen (secondary N) is 1. The molecule has 0 aliphatic rings. The van der Waals surface area contributed by atoms with E-state index in [1.165, 1.54) is 6.07 Å². The van der Waals surface area contributed by atoms with Crippen LogP contribution in [0, 0.1) is 5.82 Å². The third-order valence-corrected chi connectivity index (χ3v) is 3.09. The summed E-state index contributed by atoms with van der Waals surface area (Å²) in [6, 6.07) is 10.8. The van der Waals surface area contributed by atoms with Crippen LogP contribution in [-0.2, 0) is 19.6 Å². The van der Waals surface area contributed by atoms with Crippen molar-refractivity contribution < 1.29 is 8.81 Å². The molecule has 0 spiro atoms. The molecule has 2 rings (SSSR count). The van der Waals surface area contributed by atoms with Crippen LogP contribution >= 0.6 is 0 Å². The van der Waals surface area contributed by atoms with Crippen molar-refractivity contribution in [3.63, 3.8) is 0 Å². The van der Waals surface area contributed by atoms with Crippen LogP contribution in [0.25, 0.3) is 0 Å². The number of rotatable bonds is 7. The Balaban J connectivity index is 1.89. The lowest BCUT2D eigenvalue weighted by molar-refractivity contribution is 0.279. The molecule has 0 radical (unpaired) electrons. The van der Waals surface area contributed by atoms with Gasteiger partial charge in [-0.15, -0.1) is 0 Å². The van der Waals surface area contributed by atoms with E-state index in [9.17, 15) is 4.39 Å². The molecule has 108 valence electrons. The molecule has 1 aromatic heterocycles. The first-order valence-electron chi connectivity index (χ1n) is 6.89. The molecule has 0 saturated carbocycles. The van der Waals surface area contributed by atoms with Crippen molar-refractivity contribution in [2.45, 2.75) is 26.6 Å². The van der Waals surface area contributed by atoms with Gasteiger partial charge < -0.3 is 9.73 Å². The van der Waals surface area contributed by atoms with E-state index >= 15 is 0 Å². The maximum absolute atomic E-state index is 13.6. The summed E-state index contributed by atoms with van der Waals surface area (Å²) in [5.74, 6) is 1.67. The van der Waals surface area contributed by atoms with Gasteiger partial charge in [-0.1, -0.05) is 25.1 Å². The predicted octanol–water partition coefficient (Wildman–Crippen LogP) is 3.16. The van der Waals surface area contributed by atoms with Crippen molar-refractivity contribution in [2.75, 3.05) is 13.6 Å². The van der Waals surface area contributed by atoms with E-state index in [4.69, 9.17) is 4.42 Å². The highest BCUT2D eigenvalue weighted by Gasteiger charge is 2.08. The third kappa shape index (κ3) is 4.18. The van der Waals surface area contributed by atoms with Crippen LogP contribution < -0.4 is 5.32 Å². The van der Waals surface area contributed by atoms with Gasteiger partial charge in [-0.25, -0.2) is 4.39 Å². The first-order valence-corrected chi connectivity index (χ1v) is 6.89. The highest BCUT2D eigenvalue weighted by molar-refractivity contribution is 5.17. The number of nitrogens with zero attached hydrogens (tertiary/aromatic N) is 1. The average Bonchev–Trinajstić information content (AvgIpc) is 2.86. The largest absolute Gasteiger partial charge is 0.463 e. The second-order valence-electron chi connectivity index (χ2n) is 4.91. The lowest BCUT2D eigenvalue weighted by Crippen LogP contribution is -2.17. The number of hydrogen-bond donors (Lipinski definition) is 1. The van der Waals surface area contributed by atoms with E-state index in [-0.39, 0.29) is 5.82 Å². The Labute approximate surface area is 119 Å². The minimum atomic E-state index is -0.161. The van der Waals surface area contributed by atoms with Crippen molar-refractivity contribution in [3.8, 4) is 0 Å². The van der Waals surface area contributed by atoms with Crippen molar-refractivity contribution in [1.29, 1.82) is 0 Å². The van der Waals surface area contributed by atoms with Gasteiger partial charge in [-0.05, 0) is 31.8 Å². The molecular weight excluding hydrogens is 255 g/mol. The summed E-state index contributed by atoms with van der Waals surface area (Å²) in [5.41, 5.74) is 0.703. The zero-order chi connectivity index (χ0) is 14.4. The topological polar surface area (TPSA) is 28.4 Å². The Morgan fingerprint density at radius 2 is 1.85 bits per heavy atom. The molecule has 1 N–H and O–H groups in total. The lowest BCUT2D eigenvalue weighted by atomic mass is 10.2. The molecule has 2 aromatic rings. The standard InChI is InChI=1S/C16H21FN2O/c1-3-18-10-14-8-9-15(20-14)12-19(2)11-13-6-4-5-7-16(13)17/h4-9,18H,3,10-12H2,1-2H3. The zero-order valence-corrected chi connectivity index (χ0v) is 12.0. The molecule has 0 saturated heterocycles. The molecule has 3 nitrogen and oxygen atoms in total. The van der Waals surface area contributed by atoms with Crippen molar-refractivity contribution in [1.82, 2.24) is 10.2 Å². The minimum absolute atomic E-state index is 0.161. The van der Waals surface area contributed by atoms with E-state index in [1.807, 2.05) is 36.2 Å². The molecule has 0 amide bonds. The summed E-state index contributed by atoms with van der Waals surface area (Å²) in [6.45, 7) is 4.96. The van der Waals surface area contributed by atoms with E-state index in [0.29, 0.717) is 18.7 Å². The Morgan fingerprint density at radius 1 is 1.10 bits per heavy atom. The highest BCUT2D eigenvalue weighted by Crippen LogP contribution is 2.13. The third-order valence-electron chi connectivity index (χ3n) is 3.09. The summed E-state index contributed by atoms with van der Waals surface area (Å²) >= 11 is 0. The summed E-state index contributed by atoms with van der Waals surface area (Å²) in [5, 5.41) is 3.22. The Hall–Kier alpha value is -1.65. The summed E-state index contributed by atoms with van der Waals surface area (Å²) in [4.78, 5) is 2.04. The Morgan fingerprint density at radius 3 is 2.60 bits per heavy atom. The maximum Gasteiger partial charge on any atom is 0.127 e. The fourth-order valence-electron chi connectivity index (χ4n) is 2.09. The number of furan rings is 1. The van der Waals surface area contributed by atoms with E-state index in [2.05, 4.69) is 12.2 Å². The molecule has 0 fully saturated rings. The van der Waals surface area contributed by atoms with Crippen LogP contribution in [0.2, 0.25) is 0 Å². The van der Waals surface area contributed by atoms with Gasteiger partial charge in [-0.2, -0.15) is 0 Å². The van der Waals surface area contributed by atoms with Crippen LogP contribution in [-0.4, -0.2) is 18.5 Å². The summed E-state index contributed by atoms with van der Waals surface area (Å²) in [6.07, 6.45) is 0. The first kappa shape index (κ1) is 14.8. The average molecular weight is 276 g/mol. The SMILES string of the molecule is CCNCc1ccc(CN(C)Cc2ccccc2F)o1. The van der Waals surface area contributed by atoms with E-state index in [1.54, 1.807) is 6.07 Å². The number of halogens is 1. The van der Waals surface area contributed by atoms with Gasteiger partial charge in [0.1, 0.15) is 17.3 Å². The van der Waals surface area contributed by atoms with Gasteiger partial charge in [0.15, 0.2) is 0 Å². The summed E-state index contributed by atoms with van der Waals surface area (Å²) in [7, 11) is 1.96. The van der Waals surface area contributed by atoms with Crippen molar-refractivity contribution in [2.24, 2.45) is 0 Å². The van der Waals surface area contributed by atoms with Crippen LogP contribution in [0.4, 0.5) is 4.39 Å². The van der Waals surface area contributed by atoms with Crippen LogP contribution in [0.3, 0.4) is 0 Å². The van der Waals surface area contributed by atoms with Gasteiger partial charge in [0.05, 0.1) is 13.1 Å². The quantitative estimate of drug-likeness (QED) is 0.842. The molecule has 0 bridgehead atoms. The van der Waals surface area contributed by atoms with Crippen LogP contribution in [0.15, 0.2) is 40.8 Å². The molecule has 0 aliphatic carbocycles. The second kappa shape index (κ2) is 7.22. The number of hydrogen-bond acceptors (Lipinski definition) is 3. The fourth-order valence-corrected chi connectivity index (χ4v) is 2.09. The molecule has 0 unspecified atom stereocenters. The first-order chi connectivity index (χ1) is 9.69. The second-order valence-corrected chi connectivity index (χ2v) is 4.91. The Kier molecular flexibility index (Phi) is 5.32. The highest BCUT2D eigenvalue weighted by atomic mass is 19.1. The molecule has 1 aromatic carbocycles. The Bertz CT molecular complexity index is 539. The molecule has 1 heterocycles. The molecule has 0 aliphatic heterocycles. The van der Waals surface area contributed by atoms with Crippen molar-refractivity contribution >= 4 is 0 Å². The van der Waals surface area contributed by atoms with Gasteiger partial charge in [0.2, 0.25) is 0 Å². The van der Waals surface area contributed by atoms with Crippen molar-refractivity contribution in [3.05, 3.63) is 59.3 Å². The normalized spacial score (nSPS) is 11.2. The molecule has 0 atom stereocenters. The fraction of sp³-hybridized carbons (Fsp3) is 0.375. The predicted molar refractivity (Wildman–Crippen MR) is 77.7 cm³/mol. The smallest absolute Gasteiger partial charge is 0.127 e. The van der Waals surface area contributed by atoms with E-state index < -0.39 is 0 Å². The van der Waals surface area contributed by atoms with Gasteiger partial charge >= 0.3 is 0 Å². The lowest BCUT2D eigenvalue weighted by Gasteiger charge is -2.15. The van der Waals surface area contributed by atoms with E-state index in [0.717, 1.165) is 24.6 Å². The minimum Gasteiger partial charge on any atom is -0.463 e. The monoisotopic (exact) mass is 276 g/mol. The van der Waals surface area contributed by atoms with Gasteiger partial charge in [-0.3, -0.25) is 4.90 Å². The molecule has 4 heteroatoms. The number of benzene rings is 1. The van der Waals surface area contributed by atoms with Gasteiger partial charge in [0, 0.05) is 12.1 Å². The van der Waals surface area contributed by atoms with Gasteiger partial charge in [0.25, 0.3) is 0 Å². The molecule has 20 heavy (non-hydrogen) atoms. The zero-order valence-electron chi connectivity index (χ0n) is 12.0. The van der Waals surface area contributed by atoms with Crippen LogP contribution in [0.1, 0.15) is 24.0 Å². The summed E-state index contributed by atoms with van der Waals surface area (Å²) < 4.78 is 19.3. The molecular formula is C16H21FN2O. The maximum atomic E-state index is 13.6.